The highest BCUT2D eigenvalue weighted by Crippen LogP contribution is 2.17. The van der Waals surface area contributed by atoms with E-state index in [1.807, 2.05) is 19.1 Å². The number of hydrogen-bond donors (Lipinski definition) is 0. The molecule has 0 radical (unpaired) electrons. The van der Waals surface area contributed by atoms with Crippen molar-refractivity contribution in [1.29, 1.82) is 0 Å². The van der Waals surface area contributed by atoms with Crippen LogP contribution in [0.5, 0.6) is 0 Å². The predicted molar refractivity (Wildman–Crippen MR) is 66.6 cm³/mol. The van der Waals surface area contributed by atoms with Crippen LogP contribution in [-0.2, 0) is 16.3 Å². The molecule has 1 aromatic rings. The third-order valence-electron chi connectivity index (χ3n) is 2.69. The van der Waals surface area contributed by atoms with E-state index in [1.54, 1.807) is 13.1 Å². The number of sulfone groups is 1. The average Bonchev–Trinajstić information content (AvgIpc) is 2.19. The first kappa shape index (κ1) is 13.5. The van der Waals surface area contributed by atoms with Crippen molar-refractivity contribution in [2.45, 2.75) is 30.9 Å². The van der Waals surface area contributed by atoms with Gasteiger partial charge in [0.15, 0.2) is 9.84 Å². The molecule has 0 saturated carbocycles. The smallest absolute Gasteiger partial charge is 0.151 e. The molecule has 0 aliphatic rings. The highest BCUT2D eigenvalue weighted by molar-refractivity contribution is 7.91. The van der Waals surface area contributed by atoms with Gasteiger partial charge in [-0.15, -0.1) is 11.6 Å². The number of aromatic nitrogens is 1. The molecule has 90 valence electrons. The number of halogens is 1. The molecule has 0 aromatic carbocycles. The first-order valence-corrected chi connectivity index (χ1v) is 7.45. The minimum atomic E-state index is -3.09. The Hall–Kier alpha value is -0.610. The fourth-order valence-corrected chi connectivity index (χ4v) is 2.69. The summed E-state index contributed by atoms with van der Waals surface area (Å²) in [4.78, 5) is 4.20. The molecule has 0 fully saturated rings. The second kappa shape index (κ2) is 5.15. The third-order valence-corrected chi connectivity index (χ3v) is 5.05. The van der Waals surface area contributed by atoms with E-state index in [9.17, 15) is 8.42 Å². The van der Waals surface area contributed by atoms with Gasteiger partial charge in [0.05, 0.1) is 10.6 Å². The van der Waals surface area contributed by atoms with Gasteiger partial charge in [0.2, 0.25) is 0 Å². The van der Waals surface area contributed by atoms with Crippen molar-refractivity contribution in [3.05, 3.63) is 29.6 Å². The number of nitrogens with zero attached hydrogens (tertiary/aromatic N) is 1. The Labute approximate surface area is 102 Å². The summed E-state index contributed by atoms with van der Waals surface area (Å²) < 4.78 is 22.7. The lowest BCUT2D eigenvalue weighted by atomic mass is 10.1. The number of hydrogen-bond acceptors (Lipinski definition) is 3. The minimum Gasteiger partial charge on any atom is -0.261 e. The third kappa shape index (κ3) is 3.46. The molecule has 1 heterocycles. The molecule has 1 aromatic heterocycles. The van der Waals surface area contributed by atoms with E-state index in [4.69, 9.17) is 11.6 Å². The van der Waals surface area contributed by atoms with Gasteiger partial charge in [-0.3, -0.25) is 4.98 Å². The molecule has 0 amide bonds. The van der Waals surface area contributed by atoms with Gasteiger partial charge in [-0.05, 0) is 25.5 Å². The van der Waals surface area contributed by atoms with Crippen LogP contribution in [0.25, 0.3) is 0 Å². The van der Waals surface area contributed by atoms with Crippen LogP contribution in [-0.4, -0.2) is 30.3 Å². The van der Waals surface area contributed by atoms with Crippen LogP contribution < -0.4 is 0 Å². The van der Waals surface area contributed by atoms with E-state index in [0.717, 1.165) is 11.3 Å². The van der Waals surface area contributed by atoms with Crippen molar-refractivity contribution < 1.29 is 8.42 Å². The molecule has 0 N–H and O–H groups in total. The molecule has 0 spiro atoms. The van der Waals surface area contributed by atoms with Gasteiger partial charge in [0.25, 0.3) is 0 Å². The van der Waals surface area contributed by atoms with Crippen LogP contribution in [0.4, 0.5) is 0 Å². The summed E-state index contributed by atoms with van der Waals surface area (Å²) in [6.45, 7) is 3.57. The molecule has 5 heteroatoms. The monoisotopic (exact) mass is 261 g/mol. The largest absolute Gasteiger partial charge is 0.261 e. The van der Waals surface area contributed by atoms with Gasteiger partial charge >= 0.3 is 0 Å². The SMILES string of the molecule is Cc1cccnc1CC(Cl)C(C)S(C)(=O)=O. The van der Waals surface area contributed by atoms with Gasteiger partial charge < -0.3 is 0 Å². The van der Waals surface area contributed by atoms with Crippen LogP contribution >= 0.6 is 11.6 Å². The number of alkyl halides is 1. The van der Waals surface area contributed by atoms with Crippen molar-refractivity contribution in [3.8, 4) is 0 Å². The molecule has 2 atom stereocenters. The van der Waals surface area contributed by atoms with Crippen LogP contribution in [0.3, 0.4) is 0 Å². The zero-order chi connectivity index (χ0) is 12.3. The predicted octanol–water partition coefficient (Wildman–Crippen LogP) is 1.97. The molecular weight excluding hydrogens is 246 g/mol. The van der Waals surface area contributed by atoms with Crippen LogP contribution in [0.1, 0.15) is 18.2 Å². The van der Waals surface area contributed by atoms with E-state index in [1.165, 1.54) is 6.26 Å². The van der Waals surface area contributed by atoms with E-state index >= 15 is 0 Å². The van der Waals surface area contributed by atoms with Gasteiger partial charge in [-0.25, -0.2) is 8.42 Å². The lowest BCUT2D eigenvalue weighted by molar-refractivity contribution is 0.584. The normalized spacial score (nSPS) is 15.8. The summed E-state index contributed by atoms with van der Waals surface area (Å²) in [6.07, 6.45) is 3.37. The zero-order valence-corrected chi connectivity index (χ0v) is 11.2. The Morgan fingerprint density at radius 1 is 1.50 bits per heavy atom. The lowest BCUT2D eigenvalue weighted by Gasteiger charge is -2.16. The minimum absolute atomic E-state index is 0.441. The van der Waals surface area contributed by atoms with Gasteiger partial charge in [-0.2, -0.15) is 0 Å². The quantitative estimate of drug-likeness (QED) is 0.779. The Morgan fingerprint density at radius 2 is 2.12 bits per heavy atom. The average molecular weight is 262 g/mol. The fourth-order valence-electron chi connectivity index (χ4n) is 1.35. The topological polar surface area (TPSA) is 47.0 Å². The highest BCUT2D eigenvalue weighted by atomic mass is 35.5. The maximum atomic E-state index is 11.3. The molecule has 0 bridgehead atoms. The van der Waals surface area contributed by atoms with Crippen molar-refractivity contribution in [3.63, 3.8) is 0 Å². The van der Waals surface area contributed by atoms with Gasteiger partial charge in [0.1, 0.15) is 0 Å². The molecule has 1 rings (SSSR count). The first-order valence-electron chi connectivity index (χ1n) is 5.06. The second-order valence-corrected chi connectivity index (χ2v) is 6.98. The summed E-state index contributed by atoms with van der Waals surface area (Å²) >= 11 is 6.10. The lowest BCUT2D eigenvalue weighted by Crippen LogP contribution is -2.28. The van der Waals surface area contributed by atoms with Crippen molar-refractivity contribution in [2.75, 3.05) is 6.26 Å². The summed E-state index contributed by atoms with van der Waals surface area (Å²) in [7, 11) is -3.09. The first-order chi connectivity index (χ1) is 7.32. The second-order valence-electron chi connectivity index (χ2n) is 4.02. The molecular formula is C11H16ClNO2S. The molecule has 3 nitrogen and oxygen atoms in total. The van der Waals surface area contributed by atoms with Crippen LogP contribution in [0, 0.1) is 6.92 Å². The summed E-state index contributed by atoms with van der Waals surface area (Å²) in [6, 6.07) is 3.79. The van der Waals surface area contributed by atoms with Gasteiger partial charge in [-0.1, -0.05) is 6.07 Å². The number of aryl methyl sites for hydroxylation is 1. The number of pyridine rings is 1. The molecule has 2 unspecified atom stereocenters. The van der Waals surface area contributed by atoms with Crippen molar-refractivity contribution >= 4 is 21.4 Å². The molecule has 16 heavy (non-hydrogen) atoms. The summed E-state index contributed by atoms with van der Waals surface area (Å²) in [5.41, 5.74) is 1.90. The number of rotatable bonds is 4. The maximum Gasteiger partial charge on any atom is 0.151 e. The zero-order valence-electron chi connectivity index (χ0n) is 9.64. The van der Waals surface area contributed by atoms with Gasteiger partial charge in [0, 0.05) is 24.6 Å². The Bertz CT molecular complexity index is 459. The Kier molecular flexibility index (Phi) is 4.33. The Balaban J connectivity index is 2.80. The van der Waals surface area contributed by atoms with E-state index in [2.05, 4.69) is 4.98 Å². The van der Waals surface area contributed by atoms with E-state index in [-0.39, 0.29) is 0 Å². The molecule has 0 saturated heterocycles. The van der Waals surface area contributed by atoms with Crippen molar-refractivity contribution in [2.24, 2.45) is 0 Å². The Morgan fingerprint density at radius 3 is 2.62 bits per heavy atom. The maximum absolute atomic E-state index is 11.3. The standard InChI is InChI=1S/C11H16ClNO2S/c1-8-5-4-6-13-11(8)7-10(12)9(2)16(3,14)15/h4-6,9-10H,7H2,1-3H3. The van der Waals surface area contributed by atoms with E-state index < -0.39 is 20.5 Å². The molecule has 0 aliphatic carbocycles. The summed E-state index contributed by atoms with van der Waals surface area (Å²) in [5, 5.41) is -1.00. The highest BCUT2D eigenvalue weighted by Gasteiger charge is 2.24. The van der Waals surface area contributed by atoms with Crippen LogP contribution in [0.15, 0.2) is 18.3 Å². The summed E-state index contributed by atoms with van der Waals surface area (Å²) in [5.74, 6) is 0. The fraction of sp³-hybridized carbons (Fsp3) is 0.545. The molecule has 0 aliphatic heterocycles. The van der Waals surface area contributed by atoms with E-state index in [0.29, 0.717) is 6.42 Å². The van der Waals surface area contributed by atoms with Crippen LogP contribution in [0.2, 0.25) is 0 Å². The van der Waals surface area contributed by atoms with Crippen molar-refractivity contribution in [1.82, 2.24) is 4.98 Å².